The number of hydrogen-bond acceptors (Lipinski definition) is 2. The topological polar surface area (TPSA) is 59.6 Å². The molecular weight excluding hydrogens is 200 g/mol. The summed E-state index contributed by atoms with van der Waals surface area (Å²) in [5.41, 5.74) is 9.11. The maximum Gasteiger partial charge on any atom is 0.126 e. The van der Waals surface area contributed by atoms with E-state index < -0.39 is 0 Å². The number of nitrogens with two attached hydrogens (primary N) is 1. The normalized spacial score (nSPS) is 11.1. The lowest BCUT2D eigenvalue weighted by atomic mass is 10.1. The van der Waals surface area contributed by atoms with E-state index in [2.05, 4.69) is 33.1 Å². The Balaban J connectivity index is 2.37. The Morgan fingerprint density at radius 3 is 2.81 bits per heavy atom. The number of nitrogen functional groups attached to an aromatic ring is 1. The first kappa shape index (κ1) is 9.03. The monoisotopic (exact) mass is 212 g/mol. The van der Waals surface area contributed by atoms with Crippen molar-refractivity contribution in [1.29, 1.82) is 0 Å². The number of para-hydroxylation sites is 1. The van der Waals surface area contributed by atoms with E-state index in [9.17, 15) is 0 Å². The molecule has 3 N–H and O–H groups in total. The van der Waals surface area contributed by atoms with Crippen LogP contribution in [0.3, 0.4) is 0 Å². The quantitative estimate of drug-likeness (QED) is 0.649. The largest absolute Gasteiger partial charge is 0.384 e. The molecule has 0 aliphatic carbocycles. The number of benzene rings is 1. The van der Waals surface area contributed by atoms with Crippen molar-refractivity contribution >= 4 is 16.7 Å². The SMILES string of the molecule is Cn1cc(-c2cn[nH]c2N)c2ccccc21. The van der Waals surface area contributed by atoms with E-state index in [4.69, 9.17) is 5.73 Å². The Kier molecular flexibility index (Phi) is 1.77. The number of aromatic amines is 1. The van der Waals surface area contributed by atoms with Gasteiger partial charge in [-0.15, -0.1) is 0 Å². The van der Waals surface area contributed by atoms with Gasteiger partial charge in [0, 0.05) is 35.3 Å². The van der Waals surface area contributed by atoms with Gasteiger partial charge in [0.1, 0.15) is 5.82 Å². The smallest absolute Gasteiger partial charge is 0.126 e. The minimum absolute atomic E-state index is 0.608. The van der Waals surface area contributed by atoms with E-state index in [1.54, 1.807) is 6.20 Å². The lowest BCUT2D eigenvalue weighted by molar-refractivity contribution is 0.970. The molecular formula is C12H12N4. The zero-order valence-corrected chi connectivity index (χ0v) is 8.94. The van der Waals surface area contributed by atoms with Gasteiger partial charge < -0.3 is 10.3 Å². The number of fused-ring (bicyclic) bond motifs is 1. The molecule has 16 heavy (non-hydrogen) atoms. The first-order chi connectivity index (χ1) is 7.77. The van der Waals surface area contributed by atoms with Gasteiger partial charge in [-0.05, 0) is 6.07 Å². The van der Waals surface area contributed by atoms with Gasteiger partial charge in [0.05, 0.1) is 6.20 Å². The minimum atomic E-state index is 0.608. The van der Waals surface area contributed by atoms with Gasteiger partial charge in [-0.25, -0.2) is 0 Å². The van der Waals surface area contributed by atoms with Crippen LogP contribution in [0.4, 0.5) is 5.82 Å². The van der Waals surface area contributed by atoms with E-state index >= 15 is 0 Å². The molecule has 0 fully saturated rings. The molecule has 0 aliphatic rings. The lowest BCUT2D eigenvalue weighted by Crippen LogP contribution is -1.86. The second kappa shape index (κ2) is 3.13. The summed E-state index contributed by atoms with van der Waals surface area (Å²) in [6, 6.07) is 8.25. The summed E-state index contributed by atoms with van der Waals surface area (Å²) in [5.74, 6) is 0.608. The molecule has 0 atom stereocenters. The standard InChI is InChI=1S/C12H12N4/c1-16-7-10(9-6-14-15-12(9)13)8-4-2-3-5-11(8)16/h2-7H,1H3,(H3,13,14,15). The molecule has 4 heteroatoms. The van der Waals surface area contributed by atoms with E-state index in [-0.39, 0.29) is 0 Å². The number of rotatable bonds is 1. The van der Waals surface area contributed by atoms with Gasteiger partial charge in [-0.1, -0.05) is 18.2 Å². The number of aryl methyl sites for hydroxylation is 1. The highest BCUT2D eigenvalue weighted by molar-refractivity contribution is 5.98. The van der Waals surface area contributed by atoms with Crippen LogP contribution in [0.1, 0.15) is 0 Å². The first-order valence-electron chi connectivity index (χ1n) is 5.10. The van der Waals surface area contributed by atoms with Gasteiger partial charge >= 0.3 is 0 Å². The van der Waals surface area contributed by atoms with Gasteiger partial charge in [-0.2, -0.15) is 5.10 Å². The van der Waals surface area contributed by atoms with Crippen molar-refractivity contribution < 1.29 is 0 Å². The van der Waals surface area contributed by atoms with E-state index in [0.717, 1.165) is 11.1 Å². The number of hydrogen-bond donors (Lipinski definition) is 2. The second-order valence-corrected chi connectivity index (χ2v) is 3.87. The van der Waals surface area contributed by atoms with Gasteiger partial charge in [0.15, 0.2) is 0 Å². The maximum atomic E-state index is 5.85. The van der Waals surface area contributed by atoms with Crippen molar-refractivity contribution in [1.82, 2.24) is 14.8 Å². The van der Waals surface area contributed by atoms with Crippen molar-refractivity contribution in [2.75, 3.05) is 5.73 Å². The van der Waals surface area contributed by atoms with E-state index in [1.165, 1.54) is 10.9 Å². The summed E-state index contributed by atoms with van der Waals surface area (Å²) in [7, 11) is 2.03. The third-order valence-corrected chi connectivity index (χ3v) is 2.86. The lowest BCUT2D eigenvalue weighted by Gasteiger charge is -1.96. The molecule has 80 valence electrons. The number of aromatic nitrogens is 3. The summed E-state index contributed by atoms with van der Waals surface area (Å²) >= 11 is 0. The summed E-state index contributed by atoms with van der Waals surface area (Å²) in [4.78, 5) is 0. The fourth-order valence-electron chi connectivity index (χ4n) is 2.07. The average molecular weight is 212 g/mol. The average Bonchev–Trinajstić information content (AvgIpc) is 2.84. The fraction of sp³-hybridized carbons (Fsp3) is 0.0833. The van der Waals surface area contributed by atoms with Crippen LogP contribution in [0.25, 0.3) is 22.0 Å². The molecule has 0 aliphatic heterocycles. The number of nitrogens with one attached hydrogen (secondary N) is 1. The molecule has 3 aromatic rings. The molecule has 0 radical (unpaired) electrons. The highest BCUT2D eigenvalue weighted by Gasteiger charge is 2.11. The number of H-pyrrole nitrogens is 1. The summed E-state index contributed by atoms with van der Waals surface area (Å²) < 4.78 is 2.09. The highest BCUT2D eigenvalue weighted by atomic mass is 15.1. The van der Waals surface area contributed by atoms with Crippen molar-refractivity contribution in [3.8, 4) is 11.1 Å². The predicted octanol–water partition coefficient (Wildman–Crippen LogP) is 2.15. The Hall–Kier alpha value is -2.23. The van der Waals surface area contributed by atoms with Crippen molar-refractivity contribution in [3.05, 3.63) is 36.7 Å². The van der Waals surface area contributed by atoms with Gasteiger partial charge in [-0.3, -0.25) is 5.10 Å². The minimum Gasteiger partial charge on any atom is -0.384 e. The van der Waals surface area contributed by atoms with Crippen LogP contribution in [0.15, 0.2) is 36.7 Å². The molecule has 0 saturated carbocycles. The van der Waals surface area contributed by atoms with Crippen LogP contribution in [0.2, 0.25) is 0 Å². The molecule has 2 heterocycles. The predicted molar refractivity (Wildman–Crippen MR) is 64.9 cm³/mol. The van der Waals surface area contributed by atoms with E-state index in [0.29, 0.717) is 5.82 Å². The summed E-state index contributed by atoms with van der Waals surface area (Å²) in [6.07, 6.45) is 3.84. The fourth-order valence-corrected chi connectivity index (χ4v) is 2.07. The van der Waals surface area contributed by atoms with Crippen molar-refractivity contribution in [2.45, 2.75) is 0 Å². The number of anilines is 1. The molecule has 1 aromatic carbocycles. The molecule has 0 amide bonds. The molecule has 0 saturated heterocycles. The number of nitrogens with zero attached hydrogens (tertiary/aromatic N) is 2. The second-order valence-electron chi connectivity index (χ2n) is 3.87. The van der Waals surface area contributed by atoms with Crippen LogP contribution in [0, 0.1) is 0 Å². The third kappa shape index (κ3) is 1.13. The zero-order valence-electron chi connectivity index (χ0n) is 8.94. The van der Waals surface area contributed by atoms with Gasteiger partial charge in [0.25, 0.3) is 0 Å². The Bertz CT molecular complexity index is 648. The van der Waals surface area contributed by atoms with Crippen LogP contribution in [-0.2, 0) is 7.05 Å². The van der Waals surface area contributed by atoms with Crippen molar-refractivity contribution in [2.24, 2.45) is 7.05 Å². The van der Waals surface area contributed by atoms with Gasteiger partial charge in [0.2, 0.25) is 0 Å². The first-order valence-corrected chi connectivity index (χ1v) is 5.10. The van der Waals surface area contributed by atoms with Crippen molar-refractivity contribution in [3.63, 3.8) is 0 Å². The van der Waals surface area contributed by atoms with Crippen LogP contribution >= 0.6 is 0 Å². The Labute approximate surface area is 92.7 Å². The van der Waals surface area contributed by atoms with E-state index in [1.807, 2.05) is 19.2 Å². The van der Waals surface area contributed by atoms with Crippen LogP contribution < -0.4 is 5.73 Å². The molecule has 3 rings (SSSR count). The molecule has 2 aromatic heterocycles. The van der Waals surface area contributed by atoms with Crippen LogP contribution in [0.5, 0.6) is 0 Å². The molecule has 0 unspecified atom stereocenters. The molecule has 4 nitrogen and oxygen atoms in total. The Morgan fingerprint density at radius 2 is 2.06 bits per heavy atom. The maximum absolute atomic E-state index is 5.85. The Morgan fingerprint density at radius 1 is 1.25 bits per heavy atom. The highest BCUT2D eigenvalue weighted by Crippen LogP contribution is 2.32. The summed E-state index contributed by atoms with van der Waals surface area (Å²) in [6.45, 7) is 0. The summed E-state index contributed by atoms with van der Waals surface area (Å²) in [5, 5.41) is 7.91. The molecule has 0 bridgehead atoms. The van der Waals surface area contributed by atoms with Crippen LogP contribution in [-0.4, -0.2) is 14.8 Å². The molecule has 0 spiro atoms. The third-order valence-electron chi connectivity index (χ3n) is 2.86. The zero-order chi connectivity index (χ0) is 11.1.